The molecular formula is C19H15N3O2S. The Hall–Kier alpha value is -2.99. The summed E-state index contributed by atoms with van der Waals surface area (Å²) in [5.74, 6) is 0.695. The summed E-state index contributed by atoms with van der Waals surface area (Å²) in [6, 6.07) is 17.5. The summed E-state index contributed by atoms with van der Waals surface area (Å²) < 4.78 is 5.61. The van der Waals surface area contributed by atoms with Crippen molar-refractivity contribution in [3.63, 3.8) is 0 Å². The second-order valence-corrected chi connectivity index (χ2v) is 6.94. The van der Waals surface area contributed by atoms with Crippen molar-refractivity contribution in [2.24, 2.45) is 0 Å². The first kappa shape index (κ1) is 15.5. The molecule has 124 valence electrons. The third kappa shape index (κ3) is 3.29. The fraction of sp³-hybridized carbons (Fsp3) is 0.105. The molecule has 0 atom stereocenters. The van der Waals surface area contributed by atoms with E-state index in [9.17, 15) is 4.79 Å². The molecule has 1 amide bonds. The number of carbonyl (C=O) groups excluding carboxylic acids is 1. The van der Waals surface area contributed by atoms with Crippen LogP contribution in [0, 0.1) is 6.92 Å². The van der Waals surface area contributed by atoms with Gasteiger partial charge in [-0.2, -0.15) is 0 Å². The number of carbonyl (C=O) groups is 1. The molecule has 0 aliphatic rings. The zero-order valence-electron chi connectivity index (χ0n) is 13.5. The summed E-state index contributed by atoms with van der Waals surface area (Å²) in [7, 11) is 0. The number of fused-ring (bicyclic) bond motifs is 1. The largest absolute Gasteiger partial charge is 0.418 e. The van der Waals surface area contributed by atoms with E-state index in [0.29, 0.717) is 17.3 Å². The molecule has 6 heteroatoms. The minimum Gasteiger partial charge on any atom is -0.418 e. The van der Waals surface area contributed by atoms with Crippen molar-refractivity contribution in [3.05, 3.63) is 70.9 Å². The summed E-state index contributed by atoms with van der Waals surface area (Å²) in [5, 5.41) is 13.0. The molecule has 0 saturated heterocycles. The Morgan fingerprint density at radius 1 is 1.08 bits per heavy atom. The third-order valence-electron chi connectivity index (χ3n) is 3.83. The molecule has 2 aromatic heterocycles. The van der Waals surface area contributed by atoms with E-state index in [1.165, 1.54) is 4.88 Å². The lowest BCUT2D eigenvalue weighted by atomic mass is 10.1. The van der Waals surface area contributed by atoms with Crippen LogP contribution in [-0.2, 0) is 6.54 Å². The van der Waals surface area contributed by atoms with E-state index in [1.807, 2.05) is 61.5 Å². The van der Waals surface area contributed by atoms with Gasteiger partial charge in [-0.3, -0.25) is 4.79 Å². The molecule has 4 rings (SSSR count). The van der Waals surface area contributed by atoms with Crippen LogP contribution in [0.25, 0.3) is 21.5 Å². The number of benzene rings is 2. The van der Waals surface area contributed by atoms with Gasteiger partial charge in [0.15, 0.2) is 0 Å². The number of thiophene rings is 1. The molecule has 0 aliphatic carbocycles. The lowest BCUT2D eigenvalue weighted by Gasteiger charge is -2.04. The zero-order valence-corrected chi connectivity index (χ0v) is 14.3. The Morgan fingerprint density at radius 3 is 2.72 bits per heavy atom. The van der Waals surface area contributed by atoms with Crippen molar-refractivity contribution < 1.29 is 9.21 Å². The maximum atomic E-state index is 12.3. The molecule has 2 aromatic carbocycles. The highest BCUT2D eigenvalue weighted by atomic mass is 32.1. The number of hydrogen-bond acceptors (Lipinski definition) is 5. The van der Waals surface area contributed by atoms with Crippen LogP contribution in [0.1, 0.15) is 21.1 Å². The van der Waals surface area contributed by atoms with Crippen LogP contribution in [0.15, 0.2) is 59.0 Å². The van der Waals surface area contributed by atoms with Crippen molar-refractivity contribution in [2.45, 2.75) is 13.5 Å². The Kier molecular flexibility index (Phi) is 4.03. The van der Waals surface area contributed by atoms with Crippen molar-refractivity contribution in [1.29, 1.82) is 0 Å². The Morgan fingerprint density at radius 2 is 1.92 bits per heavy atom. The van der Waals surface area contributed by atoms with Crippen LogP contribution in [0.2, 0.25) is 0 Å². The highest BCUT2D eigenvalue weighted by Gasteiger charge is 2.12. The normalized spacial score (nSPS) is 10.9. The maximum absolute atomic E-state index is 12.3. The molecule has 1 N–H and O–H groups in total. The molecule has 4 aromatic rings. The quantitative estimate of drug-likeness (QED) is 0.600. The smallest absolute Gasteiger partial charge is 0.257 e. The third-order valence-corrected chi connectivity index (χ3v) is 4.82. The number of nitrogens with one attached hydrogen (secondary N) is 1. The summed E-state index contributed by atoms with van der Waals surface area (Å²) in [6.07, 6.45) is 0. The second kappa shape index (κ2) is 6.49. The van der Waals surface area contributed by atoms with E-state index >= 15 is 0 Å². The summed E-state index contributed by atoms with van der Waals surface area (Å²) in [5.41, 5.74) is 0.604. The van der Waals surface area contributed by atoms with Gasteiger partial charge >= 0.3 is 0 Å². The predicted molar refractivity (Wildman–Crippen MR) is 97.5 cm³/mol. The van der Waals surface area contributed by atoms with Gasteiger partial charge in [0.1, 0.15) is 0 Å². The van der Waals surface area contributed by atoms with E-state index in [4.69, 9.17) is 4.42 Å². The summed E-state index contributed by atoms with van der Waals surface area (Å²) in [4.78, 5) is 14.5. The maximum Gasteiger partial charge on any atom is 0.257 e. The molecule has 0 radical (unpaired) electrons. The Labute approximate surface area is 148 Å². The van der Waals surface area contributed by atoms with Crippen molar-refractivity contribution in [3.8, 4) is 10.8 Å². The number of nitrogens with zero attached hydrogens (tertiary/aromatic N) is 2. The molecule has 2 heterocycles. The standard InChI is InChI=1S/C19H15N3O2S/c1-12-6-9-16(25-12)19-22-21-17(24-19)11-20-18(23)15-8-7-13-4-2-3-5-14(13)10-15/h2-10H,11H2,1H3,(H,20,23). The monoisotopic (exact) mass is 349 g/mol. The second-order valence-electron chi connectivity index (χ2n) is 5.66. The highest BCUT2D eigenvalue weighted by Crippen LogP contribution is 2.26. The van der Waals surface area contributed by atoms with E-state index in [1.54, 1.807) is 11.3 Å². The van der Waals surface area contributed by atoms with Gasteiger partial charge in [0.25, 0.3) is 11.8 Å². The number of rotatable bonds is 4. The van der Waals surface area contributed by atoms with Gasteiger partial charge in [-0.25, -0.2) is 0 Å². The van der Waals surface area contributed by atoms with E-state index < -0.39 is 0 Å². The van der Waals surface area contributed by atoms with Gasteiger partial charge in [-0.05, 0) is 42.0 Å². The van der Waals surface area contributed by atoms with Crippen LogP contribution in [0.4, 0.5) is 0 Å². The van der Waals surface area contributed by atoms with Crippen LogP contribution in [0.5, 0.6) is 0 Å². The fourth-order valence-electron chi connectivity index (χ4n) is 2.56. The van der Waals surface area contributed by atoms with Gasteiger partial charge < -0.3 is 9.73 Å². The summed E-state index contributed by atoms with van der Waals surface area (Å²) >= 11 is 1.59. The van der Waals surface area contributed by atoms with E-state index in [-0.39, 0.29) is 12.5 Å². The van der Waals surface area contributed by atoms with Gasteiger partial charge in [0.05, 0.1) is 11.4 Å². The Balaban J connectivity index is 1.45. The lowest BCUT2D eigenvalue weighted by Crippen LogP contribution is -2.22. The molecule has 0 aliphatic heterocycles. The van der Waals surface area contributed by atoms with Crippen molar-refractivity contribution in [2.75, 3.05) is 0 Å². The topological polar surface area (TPSA) is 68.0 Å². The molecule has 0 spiro atoms. The van der Waals surface area contributed by atoms with E-state index in [2.05, 4.69) is 15.5 Å². The van der Waals surface area contributed by atoms with Crippen LogP contribution in [-0.4, -0.2) is 16.1 Å². The molecule has 0 saturated carbocycles. The first-order valence-electron chi connectivity index (χ1n) is 7.85. The predicted octanol–water partition coefficient (Wildman–Crippen LogP) is 4.19. The van der Waals surface area contributed by atoms with Crippen LogP contribution in [0.3, 0.4) is 0 Å². The average molecular weight is 349 g/mol. The fourth-order valence-corrected chi connectivity index (χ4v) is 3.35. The summed E-state index contributed by atoms with van der Waals surface area (Å²) in [6.45, 7) is 2.22. The Bertz CT molecular complexity index is 1050. The first-order chi connectivity index (χ1) is 12.2. The van der Waals surface area contributed by atoms with Gasteiger partial charge in [0, 0.05) is 10.4 Å². The molecule has 0 fully saturated rings. The number of aromatic nitrogens is 2. The average Bonchev–Trinajstić information content (AvgIpc) is 3.28. The highest BCUT2D eigenvalue weighted by molar-refractivity contribution is 7.15. The first-order valence-corrected chi connectivity index (χ1v) is 8.67. The number of hydrogen-bond donors (Lipinski definition) is 1. The number of aryl methyl sites for hydroxylation is 1. The van der Waals surface area contributed by atoms with Gasteiger partial charge in [0.2, 0.25) is 5.89 Å². The van der Waals surface area contributed by atoms with Crippen molar-refractivity contribution in [1.82, 2.24) is 15.5 Å². The lowest BCUT2D eigenvalue weighted by molar-refractivity contribution is 0.0947. The minimum atomic E-state index is -0.169. The molecular weight excluding hydrogens is 334 g/mol. The zero-order chi connectivity index (χ0) is 17.2. The molecule has 25 heavy (non-hydrogen) atoms. The van der Waals surface area contributed by atoms with Crippen molar-refractivity contribution >= 4 is 28.0 Å². The molecule has 0 unspecified atom stereocenters. The molecule has 0 bridgehead atoms. The van der Waals surface area contributed by atoms with Gasteiger partial charge in [-0.1, -0.05) is 30.3 Å². The molecule has 5 nitrogen and oxygen atoms in total. The van der Waals surface area contributed by atoms with Crippen LogP contribution < -0.4 is 5.32 Å². The van der Waals surface area contributed by atoms with Gasteiger partial charge in [-0.15, -0.1) is 21.5 Å². The van der Waals surface area contributed by atoms with Crippen LogP contribution >= 0.6 is 11.3 Å². The SMILES string of the molecule is Cc1ccc(-c2nnc(CNC(=O)c3ccc4ccccc4c3)o2)s1. The number of amides is 1. The minimum absolute atomic E-state index is 0.169. The van der Waals surface area contributed by atoms with E-state index in [0.717, 1.165) is 15.6 Å².